The van der Waals surface area contributed by atoms with Gasteiger partial charge in [0, 0.05) is 11.6 Å². The van der Waals surface area contributed by atoms with Crippen molar-refractivity contribution in [2.45, 2.75) is 6.61 Å². The first-order chi connectivity index (χ1) is 13.8. The summed E-state index contributed by atoms with van der Waals surface area (Å²) in [4.78, 5) is 12.2. The summed E-state index contributed by atoms with van der Waals surface area (Å²) in [6.07, 6.45) is 0. The lowest BCUT2D eigenvalue weighted by atomic mass is 10.2. The van der Waals surface area contributed by atoms with Crippen molar-refractivity contribution < 1.29 is 36.2 Å². The number of rotatable bonds is 6. The van der Waals surface area contributed by atoms with Crippen LogP contribution >= 0.6 is 11.3 Å². The summed E-state index contributed by atoms with van der Waals surface area (Å²) in [6, 6.07) is 8.20. The zero-order valence-electron chi connectivity index (χ0n) is 14.7. The highest BCUT2D eigenvalue weighted by molar-refractivity contribution is 7.12. The van der Waals surface area contributed by atoms with Crippen molar-refractivity contribution in [3.8, 4) is 11.5 Å². The third-order valence-electron chi connectivity index (χ3n) is 3.77. The molecular formula is C19H12F5NO3S. The quantitative estimate of drug-likeness (QED) is 0.329. The van der Waals surface area contributed by atoms with Gasteiger partial charge in [-0.2, -0.15) is 0 Å². The minimum Gasteiger partial charge on any atom is -0.497 e. The molecule has 3 aromatic rings. The summed E-state index contributed by atoms with van der Waals surface area (Å²) >= 11 is 0.920. The van der Waals surface area contributed by atoms with Gasteiger partial charge in [-0.25, -0.2) is 22.0 Å². The molecule has 0 unspecified atom stereocenters. The second kappa shape index (κ2) is 8.48. The predicted molar refractivity (Wildman–Crippen MR) is 95.8 cm³/mol. The average molecular weight is 429 g/mol. The molecule has 4 nitrogen and oxygen atoms in total. The van der Waals surface area contributed by atoms with E-state index in [1.54, 1.807) is 35.0 Å². The fourth-order valence-corrected chi connectivity index (χ4v) is 3.11. The number of carbonyl (C=O) groups excluding carboxylic acids is 1. The highest BCUT2D eigenvalue weighted by Gasteiger charge is 2.27. The molecule has 10 heteroatoms. The molecule has 0 fully saturated rings. The van der Waals surface area contributed by atoms with Crippen LogP contribution in [-0.4, -0.2) is 13.0 Å². The standard InChI is InChI=1S/C19H12F5NO3S/c1-27-10-3-2-4-11(6-10)28-7-9-5-12(29-8-9)19(26)25-18-16(23)14(21)13(20)15(22)17(18)24/h2-6,8H,7H2,1H3,(H,25,26). The number of hydrogen-bond acceptors (Lipinski definition) is 4. The van der Waals surface area contributed by atoms with Crippen LogP contribution in [0.3, 0.4) is 0 Å². The van der Waals surface area contributed by atoms with E-state index in [-0.39, 0.29) is 11.5 Å². The number of nitrogens with one attached hydrogen (secondary N) is 1. The number of benzene rings is 2. The maximum absolute atomic E-state index is 13.7. The summed E-state index contributed by atoms with van der Waals surface area (Å²) in [5, 5.41) is 3.29. The molecule has 1 heterocycles. The van der Waals surface area contributed by atoms with E-state index >= 15 is 0 Å². The molecule has 2 aromatic carbocycles. The maximum atomic E-state index is 13.7. The Morgan fingerprint density at radius 3 is 2.24 bits per heavy atom. The molecule has 0 radical (unpaired) electrons. The van der Waals surface area contributed by atoms with Crippen LogP contribution in [0.15, 0.2) is 35.7 Å². The van der Waals surface area contributed by atoms with Crippen LogP contribution < -0.4 is 14.8 Å². The molecule has 1 aromatic heterocycles. The van der Waals surface area contributed by atoms with Gasteiger partial charge in [0.25, 0.3) is 5.91 Å². The topological polar surface area (TPSA) is 47.6 Å². The largest absolute Gasteiger partial charge is 0.497 e. The van der Waals surface area contributed by atoms with Gasteiger partial charge in [-0.15, -0.1) is 11.3 Å². The number of carbonyl (C=O) groups is 1. The van der Waals surface area contributed by atoms with Gasteiger partial charge in [0.05, 0.1) is 12.0 Å². The van der Waals surface area contributed by atoms with E-state index < -0.39 is 40.7 Å². The van der Waals surface area contributed by atoms with Gasteiger partial charge < -0.3 is 14.8 Å². The third kappa shape index (κ3) is 4.32. The predicted octanol–water partition coefficient (Wildman–Crippen LogP) is 5.28. The molecule has 1 N–H and O–H groups in total. The van der Waals surface area contributed by atoms with Crippen molar-refractivity contribution in [2.75, 3.05) is 12.4 Å². The highest BCUT2D eigenvalue weighted by atomic mass is 32.1. The molecule has 152 valence electrons. The molecule has 0 saturated heterocycles. The van der Waals surface area contributed by atoms with Gasteiger partial charge in [0.1, 0.15) is 23.8 Å². The van der Waals surface area contributed by atoms with Gasteiger partial charge >= 0.3 is 0 Å². The number of methoxy groups -OCH3 is 1. The molecule has 0 spiro atoms. The SMILES string of the molecule is COc1cccc(OCc2csc(C(=O)Nc3c(F)c(F)c(F)c(F)c3F)c2)c1. The summed E-state index contributed by atoms with van der Waals surface area (Å²) < 4.78 is 77.6. The van der Waals surface area contributed by atoms with Crippen molar-refractivity contribution in [1.29, 1.82) is 0 Å². The van der Waals surface area contributed by atoms with E-state index in [4.69, 9.17) is 9.47 Å². The lowest BCUT2D eigenvalue weighted by Gasteiger charge is -2.09. The number of thiophene rings is 1. The lowest BCUT2D eigenvalue weighted by molar-refractivity contribution is 0.102. The van der Waals surface area contributed by atoms with Crippen LogP contribution in [0, 0.1) is 29.1 Å². The van der Waals surface area contributed by atoms with Gasteiger partial charge in [-0.05, 0) is 23.6 Å². The minimum absolute atomic E-state index is 0.00168. The Hall–Kier alpha value is -3.14. The summed E-state index contributed by atoms with van der Waals surface area (Å²) in [5.74, 6) is -10.7. The number of anilines is 1. The first-order valence-electron chi connectivity index (χ1n) is 7.98. The Bertz CT molecular complexity index is 1040. The molecule has 0 bridgehead atoms. The van der Waals surface area contributed by atoms with E-state index in [2.05, 4.69) is 0 Å². The van der Waals surface area contributed by atoms with Crippen molar-refractivity contribution in [2.24, 2.45) is 0 Å². The van der Waals surface area contributed by atoms with Crippen molar-refractivity contribution >= 4 is 22.9 Å². The highest BCUT2D eigenvalue weighted by Crippen LogP contribution is 2.28. The zero-order chi connectivity index (χ0) is 21.1. The summed E-state index contributed by atoms with van der Waals surface area (Å²) in [5.41, 5.74) is -0.839. The first-order valence-corrected chi connectivity index (χ1v) is 8.86. The van der Waals surface area contributed by atoms with E-state index in [9.17, 15) is 26.7 Å². The normalized spacial score (nSPS) is 10.7. The molecule has 0 aliphatic heterocycles. The number of ether oxygens (including phenoxy) is 2. The molecule has 0 saturated carbocycles. The van der Waals surface area contributed by atoms with Crippen LogP contribution in [0.25, 0.3) is 0 Å². The fourth-order valence-electron chi connectivity index (χ4n) is 2.32. The molecule has 29 heavy (non-hydrogen) atoms. The van der Waals surface area contributed by atoms with Crippen molar-refractivity contribution in [3.05, 3.63) is 75.2 Å². The molecule has 0 aliphatic carbocycles. The van der Waals surface area contributed by atoms with Crippen LogP contribution in [0.4, 0.5) is 27.6 Å². The van der Waals surface area contributed by atoms with E-state index in [1.165, 1.54) is 13.2 Å². The Labute approximate surface area is 165 Å². The number of halogens is 5. The average Bonchev–Trinajstić information content (AvgIpc) is 3.21. The van der Waals surface area contributed by atoms with Gasteiger partial charge in [-0.3, -0.25) is 4.79 Å². The third-order valence-corrected chi connectivity index (χ3v) is 4.75. The summed E-state index contributed by atoms with van der Waals surface area (Å²) in [6.45, 7) is 0.0828. The second-order valence-electron chi connectivity index (χ2n) is 5.69. The van der Waals surface area contributed by atoms with Gasteiger partial charge in [0.2, 0.25) is 5.82 Å². The van der Waals surface area contributed by atoms with Crippen molar-refractivity contribution in [3.63, 3.8) is 0 Å². The Morgan fingerprint density at radius 2 is 1.59 bits per heavy atom. The van der Waals surface area contributed by atoms with E-state index in [0.717, 1.165) is 11.3 Å². The van der Waals surface area contributed by atoms with Gasteiger partial charge in [0.15, 0.2) is 23.3 Å². The molecule has 1 amide bonds. The zero-order valence-corrected chi connectivity index (χ0v) is 15.5. The minimum atomic E-state index is -2.30. The van der Waals surface area contributed by atoms with Crippen LogP contribution in [0.1, 0.15) is 15.2 Å². The molecule has 0 aliphatic rings. The molecule has 3 rings (SSSR count). The Kier molecular flexibility index (Phi) is 6.02. The second-order valence-corrected chi connectivity index (χ2v) is 6.60. The monoisotopic (exact) mass is 429 g/mol. The van der Waals surface area contributed by atoms with Gasteiger partial charge in [-0.1, -0.05) is 6.07 Å². The Morgan fingerprint density at radius 1 is 0.966 bits per heavy atom. The van der Waals surface area contributed by atoms with Crippen LogP contribution in [0.5, 0.6) is 11.5 Å². The van der Waals surface area contributed by atoms with Crippen LogP contribution in [-0.2, 0) is 6.61 Å². The smallest absolute Gasteiger partial charge is 0.265 e. The molecular weight excluding hydrogens is 417 g/mol. The van der Waals surface area contributed by atoms with Crippen molar-refractivity contribution in [1.82, 2.24) is 0 Å². The van der Waals surface area contributed by atoms with E-state index in [1.807, 2.05) is 0 Å². The number of hydrogen-bond donors (Lipinski definition) is 1. The Balaban J connectivity index is 1.71. The fraction of sp³-hybridized carbons (Fsp3) is 0.105. The maximum Gasteiger partial charge on any atom is 0.265 e. The number of amides is 1. The first kappa shape index (κ1) is 20.6. The van der Waals surface area contributed by atoms with Crippen LogP contribution in [0.2, 0.25) is 0 Å². The van der Waals surface area contributed by atoms with E-state index in [0.29, 0.717) is 17.1 Å². The lowest BCUT2D eigenvalue weighted by Crippen LogP contribution is -2.16. The summed E-state index contributed by atoms with van der Waals surface area (Å²) in [7, 11) is 1.51. The molecule has 0 atom stereocenters.